The number of hydrogen-bond acceptors (Lipinski definition) is 2. The van der Waals surface area contributed by atoms with Crippen molar-refractivity contribution in [2.75, 3.05) is 6.67 Å². The lowest BCUT2D eigenvalue weighted by Gasteiger charge is -1.86. The minimum Gasteiger partial charge on any atom is -0.383 e. The molecule has 0 heterocycles. The summed E-state index contributed by atoms with van der Waals surface area (Å²) < 4.78 is 10.9. The summed E-state index contributed by atoms with van der Waals surface area (Å²) in [4.78, 5) is 9.25. The Balaban J connectivity index is 2.96. The van der Waals surface area contributed by atoms with Gasteiger partial charge in [-0.3, -0.25) is 0 Å². The molecule has 0 amide bonds. The van der Waals surface area contributed by atoms with Gasteiger partial charge in [-0.1, -0.05) is 0 Å². The summed E-state index contributed by atoms with van der Waals surface area (Å²) in [5.41, 5.74) is 0. The zero-order valence-electron chi connectivity index (χ0n) is 3.10. The molecule has 0 saturated carbocycles. The summed E-state index contributed by atoms with van der Waals surface area (Å²) in [7, 11) is 0. The van der Waals surface area contributed by atoms with E-state index in [-0.39, 0.29) is 6.29 Å². The SMILES string of the molecule is O=C[C@H](O)CF. The first-order valence-electron chi connectivity index (χ1n) is 1.50. The molecule has 1 atom stereocenters. The predicted octanol–water partition coefficient (Wildman–Crippen LogP) is -0.484. The monoisotopic (exact) mass is 92.0 g/mol. The first-order valence-corrected chi connectivity index (χ1v) is 1.50. The van der Waals surface area contributed by atoms with E-state index in [0.717, 1.165) is 0 Å². The molecule has 0 spiro atoms. The second kappa shape index (κ2) is 2.78. The molecule has 0 unspecified atom stereocenters. The molecule has 0 aromatic rings. The normalized spacial score (nSPS) is 13.7. The minimum absolute atomic E-state index is 0.153. The molecule has 0 aliphatic carbocycles. The van der Waals surface area contributed by atoms with E-state index in [1.165, 1.54) is 0 Å². The number of aldehydes is 1. The maximum Gasteiger partial charge on any atom is 0.151 e. The largest absolute Gasteiger partial charge is 0.383 e. The number of rotatable bonds is 2. The van der Waals surface area contributed by atoms with Gasteiger partial charge in [0.15, 0.2) is 6.29 Å². The van der Waals surface area contributed by atoms with Crippen LogP contribution in [0.3, 0.4) is 0 Å². The number of halogens is 1. The van der Waals surface area contributed by atoms with Crippen LogP contribution in [0.1, 0.15) is 0 Å². The van der Waals surface area contributed by atoms with Gasteiger partial charge in [-0.15, -0.1) is 0 Å². The fraction of sp³-hybridized carbons (Fsp3) is 0.667. The van der Waals surface area contributed by atoms with Crippen LogP contribution in [-0.2, 0) is 4.79 Å². The standard InChI is InChI=1S/C3H5FO2/c4-1-3(6)2-5/h2-3,6H,1H2/t3-/m1/s1. The van der Waals surface area contributed by atoms with Crippen LogP contribution in [0.2, 0.25) is 0 Å². The lowest BCUT2D eigenvalue weighted by molar-refractivity contribution is -0.115. The van der Waals surface area contributed by atoms with Gasteiger partial charge in [-0.2, -0.15) is 0 Å². The Kier molecular flexibility index (Phi) is 2.58. The molecule has 0 saturated heterocycles. The average Bonchev–Trinajstić information content (AvgIpc) is 1.65. The summed E-state index contributed by atoms with van der Waals surface area (Å²) in [6.45, 7) is -0.983. The smallest absolute Gasteiger partial charge is 0.151 e. The van der Waals surface area contributed by atoms with Crippen LogP contribution in [0.25, 0.3) is 0 Å². The van der Waals surface area contributed by atoms with Gasteiger partial charge in [-0.25, -0.2) is 4.39 Å². The van der Waals surface area contributed by atoms with Gasteiger partial charge in [0.1, 0.15) is 12.8 Å². The van der Waals surface area contributed by atoms with Crippen molar-refractivity contribution in [3.8, 4) is 0 Å². The Labute approximate surface area is 34.6 Å². The van der Waals surface area contributed by atoms with E-state index in [0.29, 0.717) is 0 Å². The van der Waals surface area contributed by atoms with Crippen molar-refractivity contribution in [3.05, 3.63) is 0 Å². The highest BCUT2D eigenvalue weighted by Gasteiger charge is 1.94. The quantitative estimate of drug-likeness (QED) is 0.467. The zero-order valence-corrected chi connectivity index (χ0v) is 3.10. The van der Waals surface area contributed by atoms with Crippen LogP contribution < -0.4 is 0 Å². The van der Waals surface area contributed by atoms with Crippen molar-refractivity contribution in [2.45, 2.75) is 6.10 Å². The van der Waals surface area contributed by atoms with Crippen LogP contribution >= 0.6 is 0 Å². The molecule has 0 fully saturated rings. The third kappa shape index (κ3) is 1.84. The highest BCUT2D eigenvalue weighted by Crippen LogP contribution is 1.73. The van der Waals surface area contributed by atoms with Crippen LogP contribution in [0, 0.1) is 0 Å². The van der Waals surface area contributed by atoms with Gasteiger partial charge in [0, 0.05) is 0 Å². The van der Waals surface area contributed by atoms with Crippen LogP contribution in [0.15, 0.2) is 0 Å². The fourth-order valence-electron chi connectivity index (χ4n) is 0.0364. The zero-order chi connectivity index (χ0) is 4.99. The highest BCUT2D eigenvalue weighted by molar-refractivity contribution is 5.55. The lowest BCUT2D eigenvalue weighted by atomic mass is 10.5. The van der Waals surface area contributed by atoms with Crippen molar-refractivity contribution >= 4 is 6.29 Å². The summed E-state index contributed by atoms with van der Waals surface area (Å²) in [5.74, 6) is 0. The van der Waals surface area contributed by atoms with Gasteiger partial charge in [0.2, 0.25) is 0 Å². The Morgan fingerprint density at radius 2 is 2.50 bits per heavy atom. The van der Waals surface area contributed by atoms with Gasteiger partial charge < -0.3 is 9.90 Å². The van der Waals surface area contributed by atoms with E-state index in [1.807, 2.05) is 0 Å². The molecular weight excluding hydrogens is 87.0 g/mol. The molecule has 0 rings (SSSR count). The number of carbonyl (C=O) groups is 1. The predicted molar refractivity (Wildman–Crippen MR) is 18.0 cm³/mol. The number of alkyl halides is 1. The molecule has 36 valence electrons. The maximum atomic E-state index is 10.9. The van der Waals surface area contributed by atoms with Crippen molar-refractivity contribution in [1.29, 1.82) is 0 Å². The van der Waals surface area contributed by atoms with Crippen LogP contribution in [0.4, 0.5) is 4.39 Å². The van der Waals surface area contributed by atoms with E-state index in [2.05, 4.69) is 0 Å². The Hall–Kier alpha value is -0.440. The van der Waals surface area contributed by atoms with Crippen molar-refractivity contribution in [3.63, 3.8) is 0 Å². The average molecular weight is 92.1 g/mol. The molecular formula is C3H5FO2. The first kappa shape index (κ1) is 5.56. The van der Waals surface area contributed by atoms with Gasteiger partial charge in [0.05, 0.1) is 0 Å². The van der Waals surface area contributed by atoms with Gasteiger partial charge in [0.25, 0.3) is 0 Å². The molecule has 6 heavy (non-hydrogen) atoms. The molecule has 0 radical (unpaired) electrons. The van der Waals surface area contributed by atoms with Crippen molar-refractivity contribution in [1.82, 2.24) is 0 Å². The van der Waals surface area contributed by atoms with Crippen LogP contribution in [0.5, 0.6) is 0 Å². The van der Waals surface area contributed by atoms with Gasteiger partial charge >= 0.3 is 0 Å². The Morgan fingerprint density at radius 1 is 2.00 bits per heavy atom. The molecule has 1 N–H and O–H groups in total. The van der Waals surface area contributed by atoms with E-state index < -0.39 is 12.8 Å². The van der Waals surface area contributed by atoms with E-state index in [1.54, 1.807) is 0 Å². The number of hydrogen-bond donors (Lipinski definition) is 1. The summed E-state index contributed by atoms with van der Waals surface area (Å²) >= 11 is 0. The topological polar surface area (TPSA) is 37.3 Å². The molecule has 3 heteroatoms. The van der Waals surface area contributed by atoms with Crippen molar-refractivity contribution in [2.24, 2.45) is 0 Å². The maximum absolute atomic E-state index is 10.9. The summed E-state index contributed by atoms with van der Waals surface area (Å²) in [5, 5.41) is 7.92. The molecule has 2 nitrogen and oxygen atoms in total. The van der Waals surface area contributed by atoms with E-state index in [4.69, 9.17) is 5.11 Å². The van der Waals surface area contributed by atoms with Crippen LogP contribution in [-0.4, -0.2) is 24.2 Å². The number of aliphatic hydroxyl groups is 1. The second-order valence-electron chi connectivity index (χ2n) is 0.858. The number of aliphatic hydroxyl groups excluding tert-OH is 1. The third-order valence-corrected chi connectivity index (χ3v) is 0.315. The minimum atomic E-state index is -1.41. The Bertz CT molecular complexity index is 46.1. The van der Waals surface area contributed by atoms with Gasteiger partial charge in [-0.05, 0) is 0 Å². The number of carbonyl (C=O) groups excluding carboxylic acids is 1. The highest BCUT2D eigenvalue weighted by atomic mass is 19.1. The molecule has 0 aromatic heterocycles. The molecule has 0 aromatic carbocycles. The Morgan fingerprint density at radius 3 is 2.50 bits per heavy atom. The second-order valence-corrected chi connectivity index (χ2v) is 0.858. The third-order valence-electron chi connectivity index (χ3n) is 0.315. The fourth-order valence-corrected chi connectivity index (χ4v) is 0.0364. The summed E-state index contributed by atoms with van der Waals surface area (Å²) in [6, 6.07) is 0. The lowest BCUT2D eigenvalue weighted by Crippen LogP contribution is -2.08. The molecule has 0 bridgehead atoms. The molecule has 0 aliphatic heterocycles. The summed E-state index contributed by atoms with van der Waals surface area (Å²) in [6.07, 6.45) is -1.26. The van der Waals surface area contributed by atoms with E-state index in [9.17, 15) is 9.18 Å². The van der Waals surface area contributed by atoms with E-state index >= 15 is 0 Å². The molecule has 0 aliphatic rings. The van der Waals surface area contributed by atoms with Crippen molar-refractivity contribution < 1.29 is 14.3 Å². The first-order chi connectivity index (χ1) is 2.81.